The van der Waals surface area contributed by atoms with Crippen LogP contribution in [0, 0.1) is 27.7 Å². The van der Waals surface area contributed by atoms with Gasteiger partial charge in [0.05, 0.1) is 0 Å². The van der Waals surface area contributed by atoms with Crippen molar-refractivity contribution in [3.05, 3.63) is 57.6 Å². The van der Waals surface area contributed by atoms with Gasteiger partial charge in [-0.15, -0.1) is 23.7 Å². The molecule has 206 valence electrons. The molecule has 2 aromatic carbocycles. The van der Waals surface area contributed by atoms with Gasteiger partial charge in [0, 0.05) is 26.2 Å². The maximum Gasteiger partial charge on any atom is 4.00 e. The Balaban J connectivity index is 0. The molecule has 37 heavy (non-hydrogen) atoms. The summed E-state index contributed by atoms with van der Waals surface area (Å²) in [6.45, 7) is 17.9. The van der Waals surface area contributed by atoms with Gasteiger partial charge in [0.15, 0.2) is 0 Å². The van der Waals surface area contributed by atoms with E-state index in [1.54, 1.807) is 13.8 Å². The second kappa shape index (κ2) is 19.6. The smallest absolute Gasteiger partial charge is 0.872 e. The van der Waals surface area contributed by atoms with Crippen molar-refractivity contribution >= 4 is 0 Å². The van der Waals surface area contributed by atoms with Gasteiger partial charge in [-0.2, -0.15) is 0 Å². The molecule has 0 aliphatic carbocycles. The zero-order valence-corrected chi connectivity index (χ0v) is 26.3. The number of nitrogens with zero attached hydrogens (tertiary/aromatic N) is 2. The van der Waals surface area contributed by atoms with Crippen molar-refractivity contribution < 1.29 is 42.1 Å². The summed E-state index contributed by atoms with van der Waals surface area (Å²) < 4.78 is 0. The van der Waals surface area contributed by atoms with Gasteiger partial charge >= 0.3 is 21.7 Å². The van der Waals surface area contributed by atoms with Crippen LogP contribution in [0.5, 0.6) is 11.5 Å². The summed E-state index contributed by atoms with van der Waals surface area (Å²) >= 11 is 0. The molecule has 0 fully saturated rings. The number of likely N-dealkylation sites (N-methyl/N-ethyl adjacent to an activating group) is 2. The summed E-state index contributed by atoms with van der Waals surface area (Å²) in [6.07, 6.45) is 0.769. The Morgan fingerprint density at radius 2 is 0.919 bits per heavy atom. The predicted molar refractivity (Wildman–Crippen MR) is 143 cm³/mol. The van der Waals surface area contributed by atoms with Gasteiger partial charge in [-0.1, -0.05) is 87.1 Å². The van der Waals surface area contributed by atoms with Crippen LogP contribution in [0.4, 0.5) is 0 Å². The largest absolute Gasteiger partial charge is 4.00 e. The molecule has 2 atom stereocenters. The summed E-state index contributed by atoms with van der Waals surface area (Å²) in [5.74, 6) is 0.282. The Kier molecular flexibility index (Phi) is 20.0. The van der Waals surface area contributed by atoms with E-state index in [1.165, 1.54) is 0 Å². The molecule has 0 saturated carbocycles. The Labute approximate surface area is 241 Å². The van der Waals surface area contributed by atoms with Gasteiger partial charge < -0.3 is 30.2 Å². The third-order valence-electron chi connectivity index (χ3n) is 5.89. The average Bonchev–Trinajstić information content (AvgIpc) is 2.79. The first-order valence-corrected chi connectivity index (χ1v) is 12.9. The Hall–Kier alpha value is -1.41. The van der Waals surface area contributed by atoms with Gasteiger partial charge in [-0.25, -0.2) is 0 Å². The number of hydrogen-bond acceptors (Lipinski definition) is 6. The fourth-order valence-corrected chi connectivity index (χ4v) is 3.40. The van der Waals surface area contributed by atoms with Crippen molar-refractivity contribution in [2.75, 3.05) is 27.2 Å². The average molecular weight is 549 g/mol. The molecule has 0 amide bonds. The third kappa shape index (κ3) is 16.2. The molecule has 0 aromatic heterocycles. The van der Waals surface area contributed by atoms with E-state index in [2.05, 4.69) is 9.80 Å². The van der Waals surface area contributed by atoms with Crippen molar-refractivity contribution in [2.45, 2.75) is 93.5 Å². The Morgan fingerprint density at radius 3 is 1.16 bits per heavy atom. The molecule has 0 N–H and O–H groups in total. The van der Waals surface area contributed by atoms with E-state index in [0.717, 1.165) is 59.3 Å². The molecule has 0 radical (unpaired) electrons. The fraction of sp³-hybridized carbons (Fsp3) is 0.600. The van der Waals surface area contributed by atoms with Crippen molar-refractivity contribution in [1.82, 2.24) is 9.80 Å². The molecular weight excluding hydrogens is 500 g/mol. The molecule has 0 bridgehead atoms. The van der Waals surface area contributed by atoms with E-state index in [4.69, 9.17) is 0 Å². The molecule has 2 aromatic rings. The van der Waals surface area contributed by atoms with Crippen molar-refractivity contribution in [2.24, 2.45) is 0 Å². The molecule has 0 saturated heterocycles. The Bertz CT molecular complexity index is 830. The molecular formula is C30H48N2O4Ti. The molecule has 7 heteroatoms. The Morgan fingerprint density at radius 1 is 0.649 bits per heavy atom. The molecule has 6 nitrogen and oxygen atoms in total. The van der Waals surface area contributed by atoms with E-state index >= 15 is 0 Å². The zero-order chi connectivity index (χ0) is 28.0. The van der Waals surface area contributed by atoms with Crippen LogP contribution in [-0.4, -0.2) is 49.2 Å². The van der Waals surface area contributed by atoms with Gasteiger partial charge in [-0.3, -0.25) is 0 Å². The topological polar surface area (TPSA) is 98.7 Å². The van der Waals surface area contributed by atoms with Crippen LogP contribution in [-0.2, 0) is 34.8 Å². The van der Waals surface area contributed by atoms with Crippen LogP contribution in [0.15, 0.2) is 24.3 Å². The van der Waals surface area contributed by atoms with Crippen LogP contribution in [0.2, 0.25) is 0 Å². The number of rotatable bonds is 9. The van der Waals surface area contributed by atoms with Gasteiger partial charge in [0.25, 0.3) is 0 Å². The SMILES string of the molecule is CCC(C)[O-].CCC(C)[O-].Cc1cc(C)c([O-])c(CN(C)CCN(C)Cc2cc(C)cc(C)c2[O-])c1.[Ti+4]. The van der Waals surface area contributed by atoms with Crippen LogP contribution in [0.1, 0.15) is 73.9 Å². The number of benzene rings is 2. The van der Waals surface area contributed by atoms with E-state index < -0.39 is 0 Å². The van der Waals surface area contributed by atoms with E-state index in [9.17, 15) is 20.4 Å². The predicted octanol–water partition coefficient (Wildman–Crippen LogP) is 2.92. The fourth-order valence-electron chi connectivity index (χ4n) is 3.40. The van der Waals surface area contributed by atoms with Crippen LogP contribution < -0.4 is 20.4 Å². The van der Waals surface area contributed by atoms with Crippen molar-refractivity contribution in [3.8, 4) is 11.5 Å². The van der Waals surface area contributed by atoms with Gasteiger partial charge in [0.2, 0.25) is 0 Å². The minimum absolute atomic E-state index is 0. The van der Waals surface area contributed by atoms with E-state index in [-0.39, 0.29) is 45.4 Å². The first-order valence-electron chi connectivity index (χ1n) is 12.9. The third-order valence-corrected chi connectivity index (χ3v) is 5.89. The van der Waals surface area contributed by atoms with E-state index in [1.807, 2.05) is 79.9 Å². The standard InChI is InChI=1S/C22H32N2O2.2C4H9O.Ti/c1-15-9-17(3)21(25)19(11-15)13-23(5)7-8-24(6)14-20-12-16(2)10-18(4)22(20)26;2*1-3-4(2)5;/h9-12,25-26H,7-8,13-14H2,1-6H3;2*4H,3H2,1-2H3;/q;2*-1;+4/p-2. The molecule has 0 aliphatic heterocycles. The minimum atomic E-state index is -0.366. The van der Waals surface area contributed by atoms with Crippen LogP contribution in [0.25, 0.3) is 0 Å². The monoisotopic (exact) mass is 548 g/mol. The molecule has 2 unspecified atom stereocenters. The summed E-state index contributed by atoms with van der Waals surface area (Å²) in [4.78, 5) is 4.32. The summed E-state index contributed by atoms with van der Waals surface area (Å²) in [7, 11) is 4.06. The van der Waals surface area contributed by atoms with Crippen LogP contribution >= 0.6 is 0 Å². The zero-order valence-electron chi connectivity index (χ0n) is 24.7. The normalized spacial score (nSPS) is 12.2. The number of hydrogen-bond donors (Lipinski definition) is 0. The molecule has 0 spiro atoms. The maximum atomic E-state index is 12.3. The van der Waals surface area contributed by atoms with Crippen LogP contribution in [0.3, 0.4) is 0 Å². The second-order valence-corrected chi connectivity index (χ2v) is 10.1. The summed E-state index contributed by atoms with van der Waals surface area (Å²) in [6, 6.07) is 7.83. The van der Waals surface area contributed by atoms with Crippen molar-refractivity contribution in [1.29, 1.82) is 0 Å². The number of aryl methyl sites for hydroxylation is 4. The van der Waals surface area contributed by atoms with E-state index in [0.29, 0.717) is 13.1 Å². The van der Waals surface area contributed by atoms with Gasteiger partial charge in [0.1, 0.15) is 0 Å². The first kappa shape index (κ1) is 37.7. The first-order chi connectivity index (χ1) is 16.7. The van der Waals surface area contributed by atoms with Gasteiger partial charge in [-0.05, 0) is 52.9 Å². The quantitative estimate of drug-likeness (QED) is 0.447. The second-order valence-electron chi connectivity index (χ2n) is 10.1. The minimum Gasteiger partial charge on any atom is -0.872 e. The molecule has 0 aliphatic rings. The maximum absolute atomic E-state index is 12.3. The summed E-state index contributed by atoms with van der Waals surface area (Å²) in [5.41, 5.74) is 5.57. The summed E-state index contributed by atoms with van der Waals surface area (Å²) in [5, 5.41) is 44.3. The molecule has 0 heterocycles. The van der Waals surface area contributed by atoms with Crippen molar-refractivity contribution in [3.63, 3.8) is 0 Å². The molecule has 2 rings (SSSR count).